The van der Waals surface area contributed by atoms with Crippen molar-refractivity contribution in [3.8, 4) is 0 Å². The molecule has 0 saturated carbocycles. The van der Waals surface area contributed by atoms with E-state index in [9.17, 15) is 0 Å². The molecule has 0 aliphatic heterocycles. The van der Waals surface area contributed by atoms with Crippen molar-refractivity contribution >= 4 is 22.4 Å². The average molecular weight is 185 g/mol. The number of rotatable bonds is 0. The second kappa shape index (κ2) is 2.41. The molecule has 68 valence electrons. The molecule has 0 radical (unpaired) electrons. The average Bonchev–Trinajstić information content (AvgIpc) is 2.67. The second-order valence-corrected chi connectivity index (χ2v) is 3.01. The molecule has 0 bridgehead atoms. The van der Waals surface area contributed by atoms with E-state index in [1.165, 1.54) is 0 Å². The normalized spacial score (nSPS) is 11.1. The summed E-state index contributed by atoms with van der Waals surface area (Å²) in [6.07, 6.45) is 6.84. The van der Waals surface area contributed by atoms with E-state index < -0.39 is 0 Å². The Bertz CT molecular complexity index is 613. The molecule has 3 aromatic rings. The fourth-order valence-corrected chi connectivity index (χ4v) is 1.55. The third-order valence-electron chi connectivity index (χ3n) is 2.20. The molecule has 0 saturated heterocycles. The van der Waals surface area contributed by atoms with Gasteiger partial charge >= 0.3 is 0 Å². The predicted octanol–water partition coefficient (Wildman–Crippen LogP) is 0.860. The number of aromatic nitrogens is 4. The molecule has 3 heterocycles. The van der Waals surface area contributed by atoms with Crippen LogP contribution in [0.2, 0.25) is 0 Å². The van der Waals surface area contributed by atoms with Gasteiger partial charge < -0.3 is 5.73 Å². The number of nitrogen functional groups attached to an aromatic ring is 1. The molecule has 2 N–H and O–H groups in total. The van der Waals surface area contributed by atoms with Gasteiger partial charge in [0.2, 0.25) is 5.95 Å². The summed E-state index contributed by atoms with van der Waals surface area (Å²) < 4.78 is 1.75. The van der Waals surface area contributed by atoms with Gasteiger partial charge in [-0.25, -0.2) is 9.97 Å². The van der Waals surface area contributed by atoms with Gasteiger partial charge in [0.15, 0.2) is 0 Å². The Morgan fingerprint density at radius 2 is 2.14 bits per heavy atom. The molecule has 0 atom stereocenters. The third kappa shape index (κ3) is 0.806. The van der Waals surface area contributed by atoms with Crippen molar-refractivity contribution in [1.82, 2.24) is 19.4 Å². The Morgan fingerprint density at radius 3 is 3.07 bits per heavy atom. The summed E-state index contributed by atoms with van der Waals surface area (Å²) in [5.74, 6) is 0.429. The lowest BCUT2D eigenvalue weighted by molar-refractivity contribution is 1.11. The molecule has 0 unspecified atom stereocenters. The highest BCUT2D eigenvalue weighted by Crippen LogP contribution is 2.18. The number of fused-ring (bicyclic) bond motifs is 3. The smallest absolute Gasteiger partial charge is 0.206 e. The van der Waals surface area contributed by atoms with Crippen LogP contribution in [0.3, 0.4) is 0 Å². The Labute approximate surface area is 79.2 Å². The van der Waals surface area contributed by atoms with Crippen LogP contribution < -0.4 is 5.73 Å². The maximum absolute atomic E-state index is 5.75. The highest BCUT2D eigenvalue weighted by Gasteiger charge is 2.04. The molecular weight excluding hydrogens is 178 g/mol. The summed E-state index contributed by atoms with van der Waals surface area (Å²) in [6.45, 7) is 0. The van der Waals surface area contributed by atoms with Crippen LogP contribution in [-0.2, 0) is 0 Å². The molecule has 0 aliphatic carbocycles. The first-order valence-electron chi connectivity index (χ1n) is 4.17. The lowest BCUT2D eigenvalue weighted by atomic mass is 10.3. The number of imidazole rings is 1. The first kappa shape index (κ1) is 7.25. The molecule has 3 rings (SSSR count). The molecule has 0 amide bonds. The Balaban J connectivity index is 2.66. The summed E-state index contributed by atoms with van der Waals surface area (Å²) in [5.41, 5.74) is 7.49. The van der Waals surface area contributed by atoms with Crippen molar-refractivity contribution in [3.05, 3.63) is 31.0 Å². The van der Waals surface area contributed by atoms with E-state index in [0.717, 1.165) is 16.4 Å². The highest BCUT2D eigenvalue weighted by atomic mass is 15.1. The fraction of sp³-hybridized carbons (Fsp3) is 0. The minimum absolute atomic E-state index is 0.429. The summed E-state index contributed by atoms with van der Waals surface area (Å²) in [5, 5.41) is 1.01. The minimum atomic E-state index is 0.429. The van der Waals surface area contributed by atoms with Gasteiger partial charge in [0.1, 0.15) is 6.33 Å². The quantitative estimate of drug-likeness (QED) is 0.564. The molecule has 5 nitrogen and oxygen atoms in total. The zero-order chi connectivity index (χ0) is 9.54. The maximum atomic E-state index is 5.75. The number of nitrogens with two attached hydrogens (primary N) is 1. The van der Waals surface area contributed by atoms with Gasteiger partial charge in [-0.2, -0.15) is 0 Å². The number of nitrogens with zero attached hydrogens (tertiary/aromatic N) is 4. The van der Waals surface area contributed by atoms with Crippen molar-refractivity contribution in [2.24, 2.45) is 0 Å². The molecule has 5 heteroatoms. The van der Waals surface area contributed by atoms with Crippen LogP contribution in [0.5, 0.6) is 0 Å². The lowest BCUT2D eigenvalue weighted by Gasteiger charge is -2.02. The van der Waals surface area contributed by atoms with Gasteiger partial charge in [-0.15, -0.1) is 0 Å². The van der Waals surface area contributed by atoms with Crippen LogP contribution in [-0.4, -0.2) is 19.4 Å². The SMILES string of the molecule is Nc1nc2cnccc2c2cncn12. The summed E-state index contributed by atoms with van der Waals surface area (Å²) >= 11 is 0. The number of pyridine rings is 1. The van der Waals surface area contributed by atoms with Crippen molar-refractivity contribution in [3.63, 3.8) is 0 Å². The second-order valence-electron chi connectivity index (χ2n) is 3.01. The number of anilines is 1. The van der Waals surface area contributed by atoms with E-state index in [1.807, 2.05) is 6.07 Å². The monoisotopic (exact) mass is 185 g/mol. The van der Waals surface area contributed by atoms with Crippen LogP contribution in [0.25, 0.3) is 16.4 Å². The molecule has 0 aliphatic rings. The summed E-state index contributed by atoms with van der Waals surface area (Å²) in [4.78, 5) is 12.2. The van der Waals surface area contributed by atoms with E-state index in [2.05, 4.69) is 15.0 Å². The van der Waals surface area contributed by atoms with Crippen LogP contribution >= 0.6 is 0 Å². The zero-order valence-corrected chi connectivity index (χ0v) is 7.25. The predicted molar refractivity (Wildman–Crippen MR) is 52.7 cm³/mol. The zero-order valence-electron chi connectivity index (χ0n) is 7.25. The molecule has 0 fully saturated rings. The Kier molecular flexibility index (Phi) is 1.25. The van der Waals surface area contributed by atoms with E-state index in [0.29, 0.717) is 5.95 Å². The standard InChI is InChI=1S/C9H7N5/c10-9-13-7-3-11-2-1-6(7)8-4-12-5-14(8)9/h1-5H,(H2,10,13). The van der Waals surface area contributed by atoms with Gasteiger partial charge in [-0.1, -0.05) is 0 Å². The molecule has 14 heavy (non-hydrogen) atoms. The molecular formula is C9H7N5. The largest absolute Gasteiger partial charge is 0.369 e. The fourth-order valence-electron chi connectivity index (χ4n) is 1.55. The number of hydrogen-bond acceptors (Lipinski definition) is 4. The van der Waals surface area contributed by atoms with E-state index in [-0.39, 0.29) is 0 Å². The minimum Gasteiger partial charge on any atom is -0.369 e. The van der Waals surface area contributed by atoms with Crippen LogP contribution in [0.4, 0.5) is 5.95 Å². The first-order chi connectivity index (χ1) is 6.86. The van der Waals surface area contributed by atoms with E-state index in [1.54, 1.807) is 29.3 Å². The summed E-state index contributed by atoms with van der Waals surface area (Å²) in [6, 6.07) is 1.90. The van der Waals surface area contributed by atoms with Crippen molar-refractivity contribution in [2.45, 2.75) is 0 Å². The van der Waals surface area contributed by atoms with Gasteiger partial charge in [0, 0.05) is 11.6 Å². The Morgan fingerprint density at radius 1 is 1.21 bits per heavy atom. The molecule has 3 aromatic heterocycles. The summed E-state index contributed by atoms with van der Waals surface area (Å²) in [7, 11) is 0. The van der Waals surface area contributed by atoms with Gasteiger partial charge in [0.25, 0.3) is 0 Å². The molecule has 0 spiro atoms. The van der Waals surface area contributed by atoms with Gasteiger partial charge in [0.05, 0.1) is 23.4 Å². The van der Waals surface area contributed by atoms with Crippen LogP contribution in [0.15, 0.2) is 31.0 Å². The highest BCUT2D eigenvalue weighted by molar-refractivity contribution is 5.93. The first-order valence-corrected chi connectivity index (χ1v) is 4.17. The van der Waals surface area contributed by atoms with E-state index in [4.69, 9.17) is 5.73 Å². The number of hydrogen-bond donors (Lipinski definition) is 1. The topological polar surface area (TPSA) is 69.1 Å². The maximum Gasteiger partial charge on any atom is 0.206 e. The van der Waals surface area contributed by atoms with Crippen LogP contribution in [0.1, 0.15) is 0 Å². The van der Waals surface area contributed by atoms with Crippen LogP contribution in [0, 0.1) is 0 Å². The third-order valence-corrected chi connectivity index (χ3v) is 2.20. The van der Waals surface area contributed by atoms with Crippen molar-refractivity contribution < 1.29 is 0 Å². The lowest BCUT2D eigenvalue weighted by Crippen LogP contribution is -1.99. The van der Waals surface area contributed by atoms with E-state index >= 15 is 0 Å². The Hall–Kier alpha value is -2.17. The van der Waals surface area contributed by atoms with Crippen molar-refractivity contribution in [2.75, 3.05) is 5.73 Å². The van der Waals surface area contributed by atoms with Crippen molar-refractivity contribution in [1.29, 1.82) is 0 Å². The van der Waals surface area contributed by atoms with Gasteiger partial charge in [-0.05, 0) is 6.07 Å². The molecule has 0 aromatic carbocycles. The van der Waals surface area contributed by atoms with Gasteiger partial charge in [-0.3, -0.25) is 9.38 Å².